The maximum Gasteiger partial charge on any atom is 0.258 e. The van der Waals surface area contributed by atoms with Crippen LogP contribution in [-0.4, -0.2) is 94.2 Å². The number of ether oxygens (including phenoxy) is 2. The number of anilines is 1. The van der Waals surface area contributed by atoms with Crippen LogP contribution in [0.3, 0.4) is 0 Å². The van der Waals surface area contributed by atoms with E-state index in [9.17, 15) is 19.5 Å². The van der Waals surface area contributed by atoms with Crippen molar-refractivity contribution >= 4 is 23.4 Å². The third kappa shape index (κ3) is 9.09. The van der Waals surface area contributed by atoms with Gasteiger partial charge in [-0.2, -0.15) is 0 Å². The Bertz CT molecular complexity index is 1420. The van der Waals surface area contributed by atoms with E-state index in [1.54, 1.807) is 78.6 Å². The van der Waals surface area contributed by atoms with Gasteiger partial charge in [-0.05, 0) is 75.6 Å². The lowest BCUT2D eigenvalue weighted by atomic mass is 10.0. The van der Waals surface area contributed by atoms with Crippen LogP contribution in [-0.2, 0) is 4.74 Å². The first-order valence-electron chi connectivity index (χ1n) is 15.4. The maximum absolute atomic E-state index is 14.3. The smallest absolute Gasteiger partial charge is 0.258 e. The van der Waals surface area contributed by atoms with Crippen LogP contribution in [0, 0.1) is 5.92 Å². The topological polar surface area (TPSA) is 134 Å². The quantitative estimate of drug-likeness (QED) is 0.401. The number of aromatic nitrogens is 2. The molecule has 3 heterocycles. The largest absolute Gasteiger partial charge is 0.490 e. The highest BCUT2D eigenvalue weighted by molar-refractivity contribution is 6.05. The molecule has 2 N–H and O–H groups in total. The molecule has 3 aromatic rings. The Balaban J connectivity index is 1.63. The molecule has 11 heteroatoms. The zero-order valence-electron chi connectivity index (χ0n) is 26.4. The number of hydrogen-bond acceptors (Lipinski definition) is 8. The summed E-state index contributed by atoms with van der Waals surface area (Å²) >= 11 is 0. The average Bonchev–Trinajstić information content (AvgIpc) is 3.06. The number of likely N-dealkylation sites (N-methyl/N-ethyl adjacent to an activating group) is 1. The van der Waals surface area contributed by atoms with Crippen molar-refractivity contribution in [2.24, 2.45) is 5.92 Å². The van der Waals surface area contributed by atoms with Gasteiger partial charge in [-0.15, -0.1) is 0 Å². The van der Waals surface area contributed by atoms with Crippen molar-refractivity contribution in [3.63, 3.8) is 0 Å². The van der Waals surface area contributed by atoms with E-state index < -0.39 is 6.04 Å². The van der Waals surface area contributed by atoms with Crippen molar-refractivity contribution in [2.75, 3.05) is 38.7 Å². The number of nitrogens with one attached hydrogen (secondary N) is 1. The fraction of sp³-hybridized carbons (Fsp3) is 0.441. The SMILES string of the molecule is C[C@@H]1CCCCO[C@H](CN(C)C(=O)c2ccncc2)[C@@H](C)CN([C@@H](C)CO)C(=O)c2cc(NC(=O)c3ccncc3)ccc2O1. The van der Waals surface area contributed by atoms with E-state index in [0.29, 0.717) is 35.7 Å². The summed E-state index contributed by atoms with van der Waals surface area (Å²) < 4.78 is 12.6. The molecule has 3 amide bonds. The fourth-order valence-corrected chi connectivity index (χ4v) is 5.24. The van der Waals surface area contributed by atoms with Gasteiger partial charge in [0.2, 0.25) is 0 Å². The molecule has 0 saturated carbocycles. The molecule has 1 aliphatic heterocycles. The first-order chi connectivity index (χ1) is 21.7. The monoisotopic (exact) mass is 617 g/mol. The van der Waals surface area contributed by atoms with E-state index in [0.717, 1.165) is 19.3 Å². The Morgan fingerprint density at radius 1 is 1.04 bits per heavy atom. The van der Waals surface area contributed by atoms with E-state index in [4.69, 9.17) is 9.47 Å². The van der Waals surface area contributed by atoms with Gasteiger partial charge < -0.3 is 29.7 Å². The Morgan fingerprint density at radius 3 is 2.38 bits per heavy atom. The molecule has 0 bridgehead atoms. The summed E-state index contributed by atoms with van der Waals surface area (Å²) in [6.07, 6.45) is 8.09. The lowest BCUT2D eigenvalue weighted by Gasteiger charge is -2.36. The second-order valence-corrected chi connectivity index (χ2v) is 11.6. The first kappa shape index (κ1) is 33.5. The fourth-order valence-electron chi connectivity index (χ4n) is 5.24. The van der Waals surface area contributed by atoms with Crippen LogP contribution in [0.2, 0.25) is 0 Å². The number of rotatable bonds is 7. The van der Waals surface area contributed by atoms with Crippen molar-refractivity contribution in [1.82, 2.24) is 19.8 Å². The number of carbonyl (C=O) groups is 3. The second-order valence-electron chi connectivity index (χ2n) is 11.6. The molecule has 1 aromatic carbocycles. The van der Waals surface area contributed by atoms with Crippen LogP contribution >= 0.6 is 0 Å². The molecule has 240 valence electrons. The van der Waals surface area contributed by atoms with Gasteiger partial charge in [0.25, 0.3) is 17.7 Å². The molecule has 45 heavy (non-hydrogen) atoms. The normalized spacial score (nSPS) is 20.2. The summed E-state index contributed by atoms with van der Waals surface area (Å²) in [5.74, 6) is -0.617. The van der Waals surface area contributed by atoms with E-state index in [-0.39, 0.29) is 54.6 Å². The third-order valence-electron chi connectivity index (χ3n) is 7.98. The number of carbonyl (C=O) groups excluding carboxylic acids is 3. The Morgan fingerprint density at radius 2 is 1.71 bits per heavy atom. The van der Waals surface area contributed by atoms with Crippen LogP contribution in [0.5, 0.6) is 5.75 Å². The highest BCUT2D eigenvalue weighted by Crippen LogP contribution is 2.29. The van der Waals surface area contributed by atoms with Crippen LogP contribution < -0.4 is 10.1 Å². The summed E-state index contributed by atoms with van der Waals surface area (Å²) in [5.41, 5.74) is 1.68. The van der Waals surface area contributed by atoms with Crippen LogP contribution in [0.4, 0.5) is 5.69 Å². The predicted octanol–water partition coefficient (Wildman–Crippen LogP) is 4.30. The van der Waals surface area contributed by atoms with E-state index in [2.05, 4.69) is 15.3 Å². The van der Waals surface area contributed by atoms with Gasteiger partial charge in [0.05, 0.1) is 30.4 Å². The van der Waals surface area contributed by atoms with E-state index in [1.165, 1.54) is 12.4 Å². The summed E-state index contributed by atoms with van der Waals surface area (Å²) in [7, 11) is 1.74. The maximum atomic E-state index is 14.3. The summed E-state index contributed by atoms with van der Waals surface area (Å²) in [4.78, 5) is 51.5. The molecule has 2 aromatic heterocycles. The highest BCUT2D eigenvalue weighted by atomic mass is 16.5. The number of fused-ring (bicyclic) bond motifs is 1. The molecule has 4 rings (SSSR count). The Labute approximate surface area is 264 Å². The summed E-state index contributed by atoms with van der Waals surface area (Å²) in [5, 5.41) is 13.0. The van der Waals surface area contributed by atoms with Gasteiger partial charge in [0.15, 0.2) is 0 Å². The van der Waals surface area contributed by atoms with Crippen LogP contribution in [0.15, 0.2) is 67.3 Å². The number of pyridine rings is 2. The Kier molecular flexibility index (Phi) is 12.0. The highest BCUT2D eigenvalue weighted by Gasteiger charge is 2.31. The molecule has 4 atom stereocenters. The van der Waals surface area contributed by atoms with E-state index >= 15 is 0 Å². The van der Waals surface area contributed by atoms with Gasteiger partial charge >= 0.3 is 0 Å². The van der Waals surface area contributed by atoms with Gasteiger partial charge in [-0.1, -0.05) is 6.92 Å². The third-order valence-corrected chi connectivity index (χ3v) is 7.98. The summed E-state index contributed by atoms with van der Waals surface area (Å²) in [6.45, 7) is 6.54. The number of hydrogen-bond donors (Lipinski definition) is 2. The number of aliphatic hydroxyl groups excluding tert-OH is 1. The van der Waals surface area contributed by atoms with Gasteiger partial charge in [-0.25, -0.2) is 0 Å². The lowest BCUT2D eigenvalue weighted by Crippen LogP contribution is -2.48. The minimum absolute atomic E-state index is 0.148. The van der Waals surface area contributed by atoms with Crippen molar-refractivity contribution in [1.29, 1.82) is 0 Å². The molecule has 11 nitrogen and oxygen atoms in total. The molecule has 0 radical (unpaired) electrons. The van der Waals surface area contributed by atoms with Crippen molar-refractivity contribution in [2.45, 2.75) is 58.3 Å². The van der Waals surface area contributed by atoms with E-state index in [1.807, 2.05) is 13.8 Å². The molecular formula is C34H43N5O6. The first-order valence-corrected chi connectivity index (χ1v) is 15.4. The molecule has 0 unspecified atom stereocenters. The number of aliphatic hydroxyl groups is 1. The van der Waals surface area contributed by atoms with Crippen molar-refractivity contribution in [3.8, 4) is 5.75 Å². The standard InChI is InChI=1S/C34H43N5O6/c1-23-20-39(24(2)22-40)34(43)29-19-28(37-32(41)26-10-14-35-15-11-26)8-9-30(29)45-25(3)7-5-6-18-44-31(23)21-38(4)33(42)27-12-16-36-17-13-27/h8-17,19,23-25,31,40H,5-7,18,20-22H2,1-4H3,(H,37,41)/t23-,24-,25+,31+/m0/s1. The molecule has 0 fully saturated rings. The second kappa shape index (κ2) is 16.1. The molecule has 1 aliphatic rings. The van der Waals surface area contributed by atoms with Gasteiger partial charge in [0.1, 0.15) is 5.75 Å². The number of benzene rings is 1. The zero-order valence-corrected chi connectivity index (χ0v) is 26.4. The minimum atomic E-state index is -0.523. The predicted molar refractivity (Wildman–Crippen MR) is 170 cm³/mol. The van der Waals surface area contributed by atoms with Crippen LogP contribution in [0.25, 0.3) is 0 Å². The van der Waals surface area contributed by atoms with Crippen molar-refractivity contribution < 1.29 is 29.0 Å². The molecule has 0 spiro atoms. The Hall–Kier alpha value is -4.35. The van der Waals surface area contributed by atoms with Gasteiger partial charge in [0, 0.05) is 74.3 Å². The zero-order chi connectivity index (χ0) is 32.3. The molecule has 0 aliphatic carbocycles. The van der Waals surface area contributed by atoms with Gasteiger partial charge in [-0.3, -0.25) is 24.4 Å². The molecular weight excluding hydrogens is 574 g/mol. The summed E-state index contributed by atoms with van der Waals surface area (Å²) in [6, 6.07) is 11.1. The average molecular weight is 618 g/mol. The number of nitrogens with zero attached hydrogens (tertiary/aromatic N) is 4. The molecule has 0 saturated heterocycles. The minimum Gasteiger partial charge on any atom is -0.490 e. The van der Waals surface area contributed by atoms with Crippen molar-refractivity contribution in [3.05, 3.63) is 83.9 Å². The van der Waals surface area contributed by atoms with Crippen LogP contribution in [0.1, 0.15) is 71.1 Å². The number of amides is 3. The lowest BCUT2D eigenvalue weighted by molar-refractivity contribution is -0.0149.